The smallest absolute Gasteiger partial charge is 0.249 e. The van der Waals surface area contributed by atoms with E-state index in [1.54, 1.807) is 0 Å². The van der Waals surface area contributed by atoms with Gasteiger partial charge in [-0.15, -0.1) is 0 Å². The van der Waals surface area contributed by atoms with Crippen LogP contribution in [-0.2, 0) is 44.4 Å². The molecular weight excluding hydrogens is 762 g/mol. The number of carbonyl (C=O) groups is 1. The molecule has 1 saturated carbocycles. The maximum absolute atomic E-state index is 12.9. The summed E-state index contributed by atoms with van der Waals surface area (Å²) in [5.41, 5.74) is 32.0. The lowest BCUT2D eigenvalue weighted by atomic mass is 9.83. The molecule has 20 nitrogen and oxygen atoms in total. The summed E-state index contributed by atoms with van der Waals surface area (Å²) in [6.45, 7) is 2.84. The number of aliphatic hydroxyl groups excluding tert-OH is 5. The summed E-state index contributed by atoms with van der Waals surface area (Å²) in [4.78, 5) is 12.9. The van der Waals surface area contributed by atoms with E-state index < -0.39 is 116 Å². The van der Waals surface area contributed by atoms with Crippen LogP contribution in [0.15, 0.2) is 30.3 Å². The van der Waals surface area contributed by atoms with Gasteiger partial charge in [0, 0.05) is 19.1 Å². The third-order valence-corrected chi connectivity index (χ3v) is 11.3. The van der Waals surface area contributed by atoms with E-state index in [4.69, 9.17) is 61.8 Å². The van der Waals surface area contributed by atoms with Gasteiger partial charge in [0.15, 0.2) is 18.9 Å². The molecule has 5 rings (SSSR count). The summed E-state index contributed by atoms with van der Waals surface area (Å²) >= 11 is 0. The van der Waals surface area contributed by atoms with E-state index in [0.29, 0.717) is 32.4 Å². The number of hydrogen-bond acceptors (Lipinski definition) is 19. The van der Waals surface area contributed by atoms with Crippen LogP contribution in [-0.4, -0.2) is 181 Å². The summed E-state index contributed by atoms with van der Waals surface area (Å²) < 4.78 is 44.3. The van der Waals surface area contributed by atoms with E-state index in [9.17, 15) is 30.3 Å². The molecular formula is C38H67N7O13. The van der Waals surface area contributed by atoms with Gasteiger partial charge in [-0.25, -0.2) is 0 Å². The fraction of sp³-hybridized carbons (Fsp3) is 0.816. The van der Waals surface area contributed by atoms with Crippen molar-refractivity contribution in [2.24, 2.45) is 28.7 Å². The minimum Gasteiger partial charge on any atom is -0.394 e. The first kappa shape index (κ1) is 47.0. The molecule has 0 bridgehead atoms. The fourth-order valence-corrected chi connectivity index (χ4v) is 7.90. The second-order valence-electron chi connectivity index (χ2n) is 15.6. The molecule has 58 heavy (non-hydrogen) atoms. The molecule has 0 aromatic heterocycles. The first-order chi connectivity index (χ1) is 27.9. The van der Waals surface area contributed by atoms with E-state index in [2.05, 4.69) is 10.6 Å². The van der Waals surface area contributed by atoms with E-state index >= 15 is 0 Å². The number of benzene rings is 1. The molecule has 3 heterocycles. The molecule has 1 aliphatic carbocycles. The number of rotatable bonds is 20. The van der Waals surface area contributed by atoms with Crippen LogP contribution in [0, 0.1) is 0 Å². The average Bonchev–Trinajstić information content (AvgIpc) is 3.55. The van der Waals surface area contributed by atoms with Crippen molar-refractivity contribution in [2.75, 3.05) is 39.4 Å². The largest absolute Gasteiger partial charge is 0.394 e. The van der Waals surface area contributed by atoms with Crippen molar-refractivity contribution < 1.29 is 63.5 Å². The number of ether oxygens (including phenoxy) is 7. The molecule has 17 N–H and O–H groups in total. The maximum Gasteiger partial charge on any atom is 0.249 e. The number of nitrogens with two attached hydrogens (primary N) is 5. The fourth-order valence-electron chi connectivity index (χ4n) is 7.90. The summed E-state index contributed by atoms with van der Waals surface area (Å²) in [7, 11) is 0. The Bertz CT molecular complexity index is 1360. The lowest BCUT2D eigenvalue weighted by molar-refractivity contribution is -0.294. The van der Waals surface area contributed by atoms with Gasteiger partial charge in [-0.1, -0.05) is 37.3 Å². The third kappa shape index (κ3) is 11.9. The predicted octanol–water partition coefficient (Wildman–Crippen LogP) is -4.66. The van der Waals surface area contributed by atoms with Crippen molar-refractivity contribution in [1.82, 2.24) is 10.6 Å². The second-order valence-corrected chi connectivity index (χ2v) is 15.6. The monoisotopic (exact) mass is 829 g/mol. The highest BCUT2D eigenvalue weighted by molar-refractivity contribution is 5.80. The Kier molecular flexibility index (Phi) is 18.4. The molecule has 1 aromatic carbocycles. The van der Waals surface area contributed by atoms with E-state index in [-0.39, 0.29) is 39.1 Å². The highest BCUT2D eigenvalue weighted by Gasteiger charge is 2.55. The number of hydrogen-bond donors (Lipinski definition) is 12. The molecule has 1 amide bonds. The van der Waals surface area contributed by atoms with Crippen LogP contribution < -0.4 is 39.3 Å². The van der Waals surface area contributed by atoms with Crippen molar-refractivity contribution in [2.45, 2.75) is 156 Å². The molecule has 4 fully saturated rings. The van der Waals surface area contributed by atoms with E-state index in [0.717, 1.165) is 6.42 Å². The van der Waals surface area contributed by atoms with Crippen molar-refractivity contribution in [3.8, 4) is 0 Å². The van der Waals surface area contributed by atoms with Gasteiger partial charge in [-0.05, 0) is 57.2 Å². The van der Waals surface area contributed by atoms with E-state index in [1.165, 1.54) is 5.56 Å². The van der Waals surface area contributed by atoms with Crippen LogP contribution in [0.2, 0.25) is 0 Å². The average molecular weight is 830 g/mol. The maximum atomic E-state index is 12.9. The normalized spacial score (nSPS) is 40.0. The van der Waals surface area contributed by atoms with Crippen molar-refractivity contribution in [3.63, 3.8) is 0 Å². The zero-order valence-electron chi connectivity index (χ0n) is 33.2. The minimum atomic E-state index is -1.46. The predicted molar refractivity (Wildman–Crippen MR) is 207 cm³/mol. The summed E-state index contributed by atoms with van der Waals surface area (Å²) in [5, 5.41) is 59.4. The first-order valence-electron chi connectivity index (χ1n) is 20.5. The Hall–Kier alpha value is -2.03. The Morgan fingerprint density at radius 2 is 1.55 bits per heavy atom. The Morgan fingerprint density at radius 1 is 0.845 bits per heavy atom. The number of amides is 1. The van der Waals surface area contributed by atoms with Gasteiger partial charge >= 0.3 is 0 Å². The molecule has 3 saturated heterocycles. The SMILES string of the molecule is CC[C@H]1O[C@@H](O[C@@H]2[C@@H](O)[C@H](NC(=O)[C@@H](O)CCN)C[C@H](N)[C@H]2O[C@H]2O[C@H](CO)CC[C@H]2N)[C@H](OCCNCCc2ccccc2)[C@@H]1O[C@H]1O[C@@H](CN)[C@@H](O)[C@H](O)[C@H]1N. The topological polar surface area (TPSA) is 337 Å². The van der Waals surface area contributed by atoms with Gasteiger partial charge in [0.1, 0.15) is 54.9 Å². The summed E-state index contributed by atoms with van der Waals surface area (Å²) in [6, 6.07) is 6.41. The van der Waals surface area contributed by atoms with Crippen molar-refractivity contribution in [1.29, 1.82) is 0 Å². The third-order valence-electron chi connectivity index (χ3n) is 11.3. The van der Waals surface area contributed by atoms with Gasteiger partial charge in [0.2, 0.25) is 5.91 Å². The quantitative estimate of drug-likeness (QED) is 0.0550. The van der Waals surface area contributed by atoms with Crippen molar-refractivity contribution >= 4 is 5.91 Å². The molecule has 0 unspecified atom stereocenters. The molecule has 332 valence electrons. The van der Waals surface area contributed by atoms with Crippen LogP contribution in [0.1, 0.15) is 44.6 Å². The van der Waals surface area contributed by atoms with E-state index in [1.807, 2.05) is 37.3 Å². The molecule has 18 atom stereocenters. The highest BCUT2D eigenvalue weighted by atomic mass is 16.8. The zero-order valence-corrected chi connectivity index (χ0v) is 33.2. The molecule has 20 heteroatoms. The Morgan fingerprint density at radius 3 is 2.24 bits per heavy atom. The lowest BCUT2D eigenvalue weighted by Crippen LogP contribution is -2.67. The Labute approximate surface area is 339 Å². The molecule has 0 spiro atoms. The molecule has 4 aliphatic rings. The van der Waals surface area contributed by atoms with Gasteiger partial charge in [0.25, 0.3) is 0 Å². The lowest BCUT2D eigenvalue weighted by Gasteiger charge is -2.47. The number of carbonyl (C=O) groups excluding carboxylic acids is 1. The van der Waals surface area contributed by atoms with Gasteiger partial charge < -0.3 is 98.0 Å². The highest BCUT2D eigenvalue weighted by Crippen LogP contribution is 2.36. The summed E-state index contributed by atoms with van der Waals surface area (Å²) in [5.74, 6) is -0.743. The molecule has 0 radical (unpaired) electrons. The standard InChI is InChI=1S/C38H67N7O13/c1-2-25-32(57-37-27(43)30(50)29(49)26(17-40)55-37)34(52-15-14-44-13-11-19-6-4-3-5-7-19)38(54-25)58-33-28(48)23(45-35(51)24(47)10-12-39)16-22(42)31(33)56-36-21(41)9-8-20(18-46)53-36/h3-7,20-34,36-38,44,46-50H,2,8-18,39-43H2,1H3,(H,45,51)/t20-,21+,22-,23+,24-,25+,26-,27+,28-,29+,30+,31+,32+,33+,34+,36+,37+,38-/m0/s1. The van der Waals surface area contributed by atoms with Crippen LogP contribution in [0.3, 0.4) is 0 Å². The van der Waals surface area contributed by atoms with Gasteiger partial charge in [-0.2, -0.15) is 0 Å². The minimum absolute atomic E-state index is 0.00151. The zero-order chi connectivity index (χ0) is 41.9. The number of nitrogens with one attached hydrogen (secondary N) is 2. The van der Waals surface area contributed by atoms with Crippen LogP contribution in [0.5, 0.6) is 0 Å². The first-order valence-corrected chi connectivity index (χ1v) is 20.5. The summed E-state index contributed by atoms with van der Waals surface area (Å²) in [6.07, 6.45) is -13.3. The second kappa shape index (κ2) is 22.7. The molecule has 1 aromatic rings. The van der Waals surface area contributed by atoms with Crippen molar-refractivity contribution in [3.05, 3.63) is 35.9 Å². The van der Waals surface area contributed by atoms with Crippen LogP contribution in [0.25, 0.3) is 0 Å². The van der Waals surface area contributed by atoms with Gasteiger partial charge in [0.05, 0.1) is 43.5 Å². The van der Waals surface area contributed by atoms with Crippen LogP contribution in [0.4, 0.5) is 0 Å². The van der Waals surface area contributed by atoms with Gasteiger partial charge in [-0.3, -0.25) is 4.79 Å². The Balaban J connectivity index is 1.39. The number of aliphatic hydroxyl groups is 5. The van der Waals surface area contributed by atoms with Crippen LogP contribution >= 0.6 is 0 Å². The molecule has 3 aliphatic heterocycles.